The second-order valence-corrected chi connectivity index (χ2v) is 5.85. The lowest BCUT2D eigenvalue weighted by atomic mass is 10.3. The Morgan fingerprint density at radius 1 is 1.33 bits per heavy atom. The van der Waals surface area contributed by atoms with Crippen LogP contribution in [0.25, 0.3) is 16.9 Å². The van der Waals surface area contributed by atoms with Crippen molar-refractivity contribution in [1.82, 2.24) is 19.3 Å². The highest BCUT2D eigenvalue weighted by molar-refractivity contribution is 9.10. The molecule has 0 fully saturated rings. The maximum atomic E-state index is 14.2. The summed E-state index contributed by atoms with van der Waals surface area (Å²) >= 11 is 8.35. The molecular weight excluding hydrogens is 362 g/mol. The molecule has 4 nitrogen and oxygen atoms in total. The van der Waals surface area contributed by atoms with Crippen molar-refractivity contribution < 1.29 is 8.78 Å². The molecule has 2 aromatic heterocycles. The minimum absolute atomic E-state index is 0.171. The zero-order valence-electron chi connectivity index (χ0n) is 11.2. The standard InChI is InChI=1S/C13H11BrF2N4S/c1-3-9-11-12(19(2)18-9)20(13(21)17-11)10-4-6(14)7(15)5-8(10)16/h4-5H,3H2,1-2H3,(H,17,21). The van der Waals surface area contributed by atoms with E-state index in [0.29, 0.717) is 10.4 Å². The summed E-state index contributed by atoms with van der Waals surface area (Å²) in [7, 11) is 1.76. The van der Waals surface area contributed by atoms with Gasteiger partial charge in [0.25, 0.3) is 0 Å². The number of hydrogen-bond donors (Lipinski definition) is 1. The molecule has 2 heterocycles. The first-order chi connectivity index (χ1) is 9.93. The molecule has 0 aliphatic carbocycles. The highest BCUT2D eigenvalue weighted by Gasteiger charge is 2.18. The third kappa shape index (κ3) is 2.13. The predicted octanol–water partition coefficient (Wildman–Crippen LogP) is 4.02. The Bertz CT molecular complexity index is 909. The number of nitrogens with one attached hydrogen (secondary N) is 1. The molecule has 0 saturated heterocycles. The van der Waals surface area contributed by atoms with Gasteiger partial charge in [0, 0.05) is 13.1 Å². The molecule has 0 bridgehead atoms. The number of nitrogens with zero attached hydrogens (tertiary/aromatic N) is 3. The maximum absolute atomic E-state index is 14.2. The molecule has 0 radical (unpaired) electrons. The van der Waals surface area contributed by atoms with Gasteiger partial charge in [-0.15, -0.1) is 0 Å². The first kappa shape index (κ1) is 14.4. The largest absolute Gasteiger partial charge is 0.327 e. The number of aromatic nitrogens is 4. The van der Waals surface area contributed by atoms with E-state index in [0.717, 1.165) is 23.7 Å². The normalized spacial score (nSPS) is 11.5. The van der Waals surface area contributed by atoms with Crippen molar-refractivity contribution in [3.63, 3.8) is 0 Å². The minimum Gasteiger partial charge on any atom is -0.327 e. The van der Waals surface area contributed by atoms with Gasteiger partial charge in [0.05, 0.1) is 15.9 Å². The molecule has 8 heteroatoms. The van der Waals surface area contributed by atoms with Gasteiger partial charge in [-0.25, -0.2) is 13.5 Å². The van der Waals surface area contributed by atoms with E-state index in [1.165, 1.54) is 10.6 Å². The van der Waals surface area contributed by atoms with Crippen LogP contribution in [0.2, 0.25) is 0 Å². The Hall–Kier alpha value is -1.54. The van der Waals surface area contributed by atoms with E-state index >= 15 is 0 Å². The molecular formula is C13H11BrF2N4S. The lowest BCUT2D eigenvalue weighted by Gasteiger charge is -2.07. The van der Waals surface area contributed by atoms with Gasteiger partial charge in [0.1, 0.15) is 17.2 Å². The summed E-state index contributed by atoms with van der Waals surface area (Å²) in [6, 6.07) is 2.20. The van der Waals surface area contributed by atoms with Crippen LogP contribution < -0.4 is 0 Å². The molecule has 0 saturated carbocycles. The first-order valence-electron chi connectivity index (χ1n) is 6.25. The van der Waals surface area contributed by atoms with Crippen LogP contribution in [0.5, 0.6) is 0 Å². The fourth-order valence-electron chi connectivity index (χ4n) is 2.37. The van der Waals surface area contributed by atoms with E-state index in [1.54, 1.807) is 11.7 Å². The van der Waals surface area contributed by atoms with Crippen molar-refractivity contribution in [1.29, 1.82) is 0 Å². The molecule has 0 aliphatic rings. The van der Waals surface area contributed by atoms with Crippen LogP contribution in [0.4, 0.5) is 8.78 Å². The van der Waals surface area contributed by atoms with Gasteiger partial charge in [-0.05, 0) is 40.6 Å². The molecule has 1 N–H and O–H groups in total. The summed E-state index contributed by atoms with van der Waals surface area (Å²) < 4.78 is 31.2. The van der Waals surface area contributed by atoms with Crippen LogP contribution in [0.1, 0.15) is 12.6 Å². The van der Waals surface area contributed by atoms with Crippen molar-refractivity contribution in [2.45, 2.75) is 13.3 Å². The van der Waals surface area contributed by atoms with Crippen LogP contribution in [-0.4, -0.2) is 19.3 Å². The van der Waals surface area contributed by atoms with Crippen LogP contribution >= 0.6 is 28.1 Å². The van der Waals surface area contributed by atoms with Gasteiger partial charge in [0.2, 0.25) is 0 Å². The summed E-state index contributed by atoms with van der Waals surface area (Å²) in [5.41, 5.74) is 2.43. The topological polar surface area (TPSA) is 38.5 Å². The average molecular weight is 373 g/mol. The fraction of sp³-hybridized carbons (Fsp3) is 0.231. The second-order valence-electron chi connectivity index (χ2n) is 4.61. The van der Waals surface area contributed by atoms with E-state index in [2.05, 4.69) is 26.0 Å². The molecule has 0 atom stereocenters. The van der Waals surface area contributed by atoms with Crippen LogP contribution in [0.3, 0.4) is 0 Å². The summed E-state index contributed by atoms with van der Waals surface area (Å²) in [5, 5.41) is 4.38. The number of halogens is 3. The Balaban J connectivity index is 2.41. The van der Waals surface area contributed by atoms with Gasteiger partial charge in [-0.1, -0.05) is 6.92 Å². The molecule has 110 valence electrons. The third-order valence-corrected chi connectivity index (χ3v) is 4.19. The van der Waals surface area contributed by atoms with Crippen LogP contribution in [0, 0.1) is 16.4 Å². The monoisotopic (exact) mass is 372 g/mol. The lowest BCUT2D eigenvalue weighted by molar-refractivity contribution is 0.573. The van der Waals surface area contributed by atoms with Gasteiger partial charge in [-0.3, -0.25) is 4.57 Å². The first-order valence-corrected chi connectivity index (χ1v) is 7.45. The number of aryl methyl sites for hydroxylation is 2. The number of fused-ring (bicyclic) bond motifs is 1. The lowest BCUT2D eigenvalue weighted by Crippen LogP contribution is -2.04. The molecule has 3 rings (SSSR count). The van der Waals surface area contributed by atoms with Crippen molar-refractivity contribution in [2.24, 2.45) is 7.05 Å². The van der Waals surface area contributed by atoms with E-state index < -0.39 is 11.6 Å². The number of hydrogen-bond acceptors (Lipinski definition) is 2. The van der Waals surface area contributed by atoms with Crippen molar-refractivity contribution >= 4 is 39.3 Å². The Morgan fingerprint density at radius 3 is 2.71 bits per heavy atom. The van der Waals surface area contributed by atoms with E-state index in [9.17, 15) is 8.78 Å². The summed E-state index contributed by atoms with van der Waals surface area (Å²) in [4.78, 5) is 3.05. The Kier molecular flexibility index (Phi) is 3.45. The van der Waals surface area contributed by atoms with Gasteiger partial charge < -0.3 is 4.98 Å². The Labute approximate surface area is 132 Å². The maximum Gasteiger partial charge on any atom is 0.184 e. The third-order valence-electron chi connectivity index (χ3n) is 3.30. The SMILES string of the molecule is CCc1nn(C)c2c1[nH]c(=S)n2-c1cc(Br)c(F)cc1F. The smallest absolute Gasteiger partial charge is 0.184 e. The minimum atomic E-state index is -0.688. The van der Waals surface area contributed by atoms with Crippen LogP contribution in [-0.2, 0) is 13.5 Å². The zero-order chi connectivity index (χ0) is 15.3. The molecule has 0 unspecified atom stereocenters. The molecule has 0 aliphatic heterocycles. The summed E-state index contributed by atoms with van der Waals surface area (Å²) in [6.45, 7) is 1.98. The van der Waals surface area contributed by atoms with Gasteiger partial charge >= 0.3 is 0 Å². The highest BCUT2D eigenvalue weighted by Crippen LogP contribution is 2.27. The fourth-order valence-corrected chi connectivity index (χ4v) is 2.99. The summed E-state index contributed by atoms with van der Waals surface area (Å²) in [6.07, 6.45) is 0.724. The van der Waals surface area contributed by atoms with E-state index in [4.69, 9.17) is 12.2 Å². The van der Waals surface area contributed by atoms with Gasteiger partial charge in [-0.2, -0.15) is 5.10 Å². The summed E-state index contributed by atoms with van der Waals surface area (Å²) in [5.74, 6) is -1.35. The van der Waals surface area contributed by atoms with Crippen LogP contribution in [0.15, 0.2) is 16.6 Å². The van der Waals surface area contributed by atoms with Crippen molar-refractivity contribution in [2.75, 3.05) is 0 Å². The molecule has 0 amide bonds. The number of rotatable bonds is 2. The van der Waals surface area contributed by atoms with Crippen molar-refractivity contribution in [3.05, 3.63) is 38.7 Å². The average Bonchev–Trinajstić information content (AvgIpc) is 2.91. The zero-order valence-corrected chi connectivity index (χ0v) is 13.6. The number of H-pyrrole nitrogens is 1. The quantitative estimate of drug-likeness (QED) is 0.544. The second kappa shape index (κ2) is 5.03. The Morgan fingerprint density at radius 2 is 2.05 bits per heavy atom. The number of imidazole rings is 1. The van der Waals surface area contributed by atoms with E-state index in [1.807, 2.05) is 6.92 Å². The van der Waals surface area contributed by atoms with E-state index in [-0.39, 0.29) is 10.2 Å². The molecule has 3 aromatic rings. The number of benzene rings is 1. The van der Waals surface area contributed by atoms with Crippen molar-refractivity contribution in [3.8, 4) is 5.69 Å². The molecule has 0 spiro atoms. The predicted molar refractivity (Wildman–Crippen MR) is 82.2 cm³/mol. The highest BCUT2D eigenvalue weighted by atomic mass is 79.9. The van der Waals surface area contributed by atoms with Gasteiger partial charge in [0.15, 0.2) is 10.4 Å². The number of aromatic amines is 1. The molecule has 1 aromatic carbocycles. The molecule has 21 heavy (non-hydrogen) atoms.